The predicted octanol–water partition coefficient (Wildman–Crippen LogP) is 2.83. The molecule has 1 heterocycles. The van der Waals surface area contributed by atoms with Crippen molar-refractivity contribution >= 4 is 46.7 Å². The van der Waals surface area contributed by atoms with Gasteiger partial charge in [0.05, 0.1) is 21.0 Å². The molecule has 0 saturated carbocycles. The molecule has 19 heavy (non-hydrogen) atoms. The quantitative estimate of drug-likeness (QED) is 0.924. The van der Waals surface area contributed by atoms with Gasteiger partial charge in [-0.1, -0.05) is 41.7 Å². The van der Waals surface area contributed by atoms with Gasteiger partial charge in [-0.3, -0.25) is 9.59 Å². The maximum atomic E-state index is 12.1. The summed E-state index contributed by atoms with van der Waals surface area (Å²) >= 11 is 17.4. The summed E-state index contributed by atoms with van der Waals surface area (Å²) in [5.41, 5.74) is -0.0591. The molecule has 0 radical (unpaired) electrons. The average Bonchev–Trinajstić information content (AvgIpc) is 2.35. The van der Waals surface area contributed by atoms with Crippen molar-refractivity contribution in [1.82, 2.24) is 9.88 Å². The van der Waals surface area contributed by atoms with Gasteiger partial charge in [-0.25, -0.2) is 4.98 Å². The second kappa shape index (κ2) is 6.41. The van der Waals surface area contributed by atoms with E-state index >= 15 is 0 Å². The molecule has 8 heteroatoms. The third-order valence-corrected chi connectivity index (χ3v) is 3.68. The van der Waals surface area contributed by atoms with Gasteiger partial charge in [0.2, 0.25) is 0 Å². The minimum atomic E-state index is -0.993. The molecule has 1 N–H and O–H groups in total. The molecule has 0 aromatic carbocycles. The topological polar surface area (TPSA) is 70.5 Å². The first kappa shape index (κ1) is 16.0. The van der Waals surface area contributed by atoms with Crippen LogP contribution >= 0.6 is 34.8 Å². The van der Waals surface area contributed by atoms with Gasteiger partial charge in [0.1, 0.15) is 5.69 Å². The molecule has 0 bridgehead atoms. The van der Waals surface area contributed by atoms with E-state index in [0.717, 1.165) is 0 Å². The Morgan fingerprint density at radius 3 is 2.47 bits per heavy atom. The lowest BCUT2D eigenvalue weighted by molar-refractivity contribution is -0.141. The number of nitrogens with zero attached hydrogens (tertiary/aromatic N) is 2. The van der Waals surface area contributed by atoms with E-state index in [4.69, 9.17) is 39.9 Å². The molecule has 0 aliphatic carbocycles. The first-order chi connectivity index (χ1) is 8.75. The highest BCUT2D eigenvalue weighted by atomic mass is 35.5. The first-order valence-corrected chi connectivity index (χ1v) is 6.36. The molecule has 0 fully saturated rings. The Morgan fingerprint density at radius 2 is 1.95 bits per heavy atom. The van der Waals surface area contributed by atoms with E-state index in [-0.39, 0.29) is 27.3 Å². The van der Waals surface area contributed by atoms with Gasteiger partial charge in [0, 0.05) is 19.8 Å². The van der Waals surface area contributed by atoms with Gasteiger partial charge in [-0.15, -0.1) is 0 Å². The maximum Gasteiger partial charge on any atom is 0.308 e. The van der Waals surface area contributed by atoms with Crippen molar-refractivity contribution in [1.29, 1.82) is 0 Å². The van der Waals surface area contributed by atoms with E-state index in [9.17, 15) is 9.59 Å². The van der Waals surface area contributed by atoms with Crippen LogP contribution in [0.4, 0.5) is 0 Å². The number of rotatable bonds is 4. The van der Waals surface area contributed by atoms with Crippen molar-refractivity contribution in [2.75, 3.05) is 13.6 Å². The fourth-order valence-corrected chi connectivity index (χ4v) is 1.91. The van der Waals surface area contributed by atoms with E-state index in [1.807, 2.05) is 0 Å². The lowest BCUT2D eigenvalue weighted by Gasteiger charge is -2.19. The van der Waals surface area contributed by atoms with Crippen LogP contribution in [0.3, 0.4) is 0 Å². The van der Waals surface area contributed by atoms with E-state index in [1.165, 1.54) is 25.1 Å². The molecule has 104 valence electrons. The average molecular weight is 326 g/mol. The maximum absolute atomic E-state index is 12.1. The SMILES string of the molecule is CC(CN(C)C(=O)c1ncc(Cl)c(Cl)c1Cl)C(=O)O. The van der Waals surface area contributed by atoms with Gasteiger partial charge in [-0.2, -0.15) is 0 Å². The van der Waals surface area contributed by atoms with Crippen molar-refractivity contribution < 1.29 is 14.7 Å². The Morgan fingerprint density at radius 1 is 1.37 bits per heavy atom. The van der Waals surface area contributed by atoms with E-state index in [1.54, 1.807) is 0 Å². The van der Waals surface area contributed by atoms with E-state index in [2.05, 4.69) is 4.98 Å². The molecule has 1 unspecified atom stereocenters. The lowest BCUT2D eigenvalue weighted by atomic mass is 10.1. The van der Waals surface area contributed by atoms with Crippen LogP contribution in [0.2, 0.25) is 15.1 Å². The lowest BCUT2D eigenvalue weighted by Crippen LogP contribution is -2.34. The van der Waals surface area contributed by atoms with Crippen LogP contribution in [0.15, 0.2) is 6.20 Å². The summed E-state index contributed by atoms with van der Waals surface area (Å²) in [7, 11) is 1.46. The van der Waals surface area contributed by atoms with Crippen LogP contribution in [-0.2, 0) is 4.79 Å². The van der Waals surface area contributed by atoms with Crippen molar-refractivity contribution in [3.63, 3.8) is 0 Å². The van der Waals surface area contributed by atoms with Crippen molar-refractivity contribution in [3.8, 4) is 0 Å². The monoisotopic (exact) mass is 324 g/mol. The van der Waals surface area contributed by atoms with Crippen molar-refractivity contribution in [2.24, 2.45) is 5.92 Å². The van der Waals surface area contributed by atoms with Gasteiger partial charge in [0.25, 0.3) is 5.91 Å². The van der Waals surface area contributed by atoms with Crippen LogP contribution in [0.5, 0.6) is 0 Å². The number of carboxylic acid groups (broad SMARTS) is 1. The number of aliphatic carboxylic acids is 1. The molecule has 0 spiro atoms. The third kappa shape index (κ3) is 3.72. The second-order valence-corrected chi connectivity index (χ2v) is 5.17. The molecule has 0 aliphatic heterocycles. The standard InChI is InChI=1S/C11H11Cl3N2O3/c1-5(11(18)19)4-16(2)10(17)9-8(14)7(13)6(12)3-15-9/h3,5H,4H2,1-2H3,(H,18,19). The Hall–Kier alpha value is -1.04. The molecule has 1 rings (SSSR count). The molecule has 1 amide bonds. The number of hydrogen-bond acceptors (Lipinski definition) is 3. The molecule has 0 saturated heterocycles. The van der Waals surface area contributed by atoms with Gasteiger partial charge < -0.3 is 10.0 Å². The minimum absolute atomic E-state index is 0.0341. The number of aromatic nitrogens is 1. The van der Waals surface area contributed by atoms with E-state index in [0.29, 0.717) is 0 Å². The molecule has 1 atom stereocenters. The van der Waals surface area contributed by atoms with Gasteiger partial charge >= 0.3 is 5.97 Å². The highest BCUT2D eigenvalue weighted by molar-refractivity contribution is 6.48. The number of pyridine rings is 1. The summed E-state index contributed by atoms with van der Waals surface area (Å²) in [4.78, 5) is 27.9. The van der Waals surface area contributed by atoms with Crippen LogP contribution < -0.4 is 0 Å². The summed E-state index contributed by atoms with van der Waals surface area (Å²) in [5.74, 6) is -2.21. The summed E-state index contributed by atoms with van der Waals surface area (Å²) in [6, 6.07) is 0. The summed E-state index contributed by atoms with van der Waals surface area (Å²) in [5, 5.41) is 8.94. The normalized spacial score (nSPS) is 12.1. The predicted molar refractivity (Wildman–Crippen MR) is 73.0 cm³/mol. The van der Waals surface area contributed by atoms with Crippen molar-refractivity contribution in [2.45, 2.75) is 6.92 Å². The number of amides is 1. The fraction of sp³-hybridized carbons (Fsp3) is 0.364. The number of carbonyl (C=O) groups excluding carboxylic acids is 1. The third-order valence-electron chi connectivity index (χ3n) is 2.44. The number of halogens is 3. The highest BCUT2D eigenvalue weighted by Crippen LogP contribution is 2.31. The van der Waals surface area contributed by atoms with Gasteiger partial charge in [0.15, 0.2) is 0 Å². The first-order valence-electron chi connectivity index (χ1n) is 5.23. The number of carbonyl (C=O) groups is 2. The van der Waals surface area contributed by atoms with Gasteiger partial charge in [-0.05, 0) is 0 Å². The Bertz CT molecular complexity index is 522. The molecular formula is C11H11Cl3N2O3. The molecular weight excluding hydrogens is 314 g/mol. The number of hydrogen-bond donors (Lipinski definition) is 1. The molecule has 1 aromatic rings. The largest absolute Gasteiger partial charge is 0.481 e. The molecule has 5 nitrogen and oxygen atoms in total. The summed E-state index contributed by atoms with van der Waals surface area (Å²) < 4.78 is 0. The summed E-state index contributed by atoms with van der Waals surface area (Å²) in [6.45, 7) is 1.53. The fourth-order valence-electron chi connectivity index (χ4n) is 1.35. The molecule has 0 aliphatic rings. The number of carboxylic acids is 1. The highest BCUT2D eigenvalue weighted by Gasteiger charge is 2.23. The van der Waals surface area contributed by atoms with Crippen LogP contribution in [0, 0.1) is 5.92 Å². The zero-order valence-electron chi connectivity index (χ0n) is 10.2. The molecule has 1 aromatic heterocycles. The second-order valence-electron chi connectivity index (χ2n) is 4.01. The Labute approximate surface area is 125 Å². The van der Waals surface area contributed by atoms with Crippen LogP contribution in [0.25, 0.3) is 0 Å². The van der Waals surface area contributed by atoms with Crippen LogP contribution in [-0.4, -0.2) is 40.5 Å². The summed E-state index contributed by atoms with van der Waals surface area (Å²) in [6.07, 6.45) is 1.22. The van der Waals surface area contributed by atoms with E-state index < -0.39 is 17.8 Å². The minimum Gasteiger partial charge on any atom is -0.481 e. The van der Waals surface area contributed by atoms with Crippen molar-refractivity contribution in [3.05, 3.63) is 27.0 Å². The zero-order chi connectivity index (χ0) is 14.7. The Kier molecular flexibility index (Phi) is 5.40. The smallest absolute Gasteiger partial charge is 0.308 e. The zero-order valence-corrected chi connectivity index (χ0v) is 12.4. The van der Waals surface area contributed by atoms with Crippen LogP contribution in [0.1, 0.15) is 17.4 Å². The Balaban J connectivity index is 2.95.